The van der Waals surface area contributed by atoms with Crippen molar-refractivity contribution in [3.05, 3.63) is 29.6 Å². The van der Waals surface area contributed by atoms with E-state index in [1.54, 1.807) is 0 Å². The molecule has 1 aromatic rings. The second kappa shape index (κ2) is 6.02. The smallest absolute Gasteiger partial charge is 0.243 e. The highest BCUT2D eigenvalue weighted by molar-refractivity contribution is 7.89. The standard InChI is InChI=1S/C15H23FN2O2S/c1-15(2)7-4-9-18(10-8-15)21(19,20)14-6-3-5-13(16)12(14)11-17/h3,5-6H,4,7-11,17H2,1-2H3. The van der Waals surface area contributed by atoms with Crippen LogP contribution in [0.3, 0.4) is 0 Å². The highest BCUT2D eigenvalue weighted by atomic mass is 32.2. The van der Waals surface area contributed by atoms with Crippen molar-refractivity contribution in [3.63, 3.8) is 0 Å². The molecule has 4 nitrogen and oxygen atoms in total. The SMILES string of the molecule is CC1(C)CCCN(S(=O)(=O)c2cccc(F)c2CN)CC1. The monoisotopic (exact) mass is 314 g/mol. The third-order valence-electron chi connectivity index (χ3n) is 4.20. The van der Waals surface area contributed by atoms with Gasteiger partial charge in [0.2, 0.25) is 10.0 Å². The van der Waals surface area contributed by atoms with Gasteiger partial charge in [-0.3, -0.25) is 0 Å². The van der Waals surface area contributed by atoms with Crippen LogP contribution in [-0.2, 0) is 16.6 Å². The molecule has 1 saturated heterocycles. The molecule has 118 valence electrons. The maximum atomic E-state index is 13.8. The maximum Gasteiger partial charge on any atom is 0.243 e. The van der Waals surface area contributed by atoms with Crippen LogP contribution in [0.15, 0.2) is 23.1 Å². The van der Waals surface area contributed by atoms with Gasteiger partial charge in [0.05, 0.1) is 4.90 Å². The highest BCUT2D eigenvalue weighted by Gasteiger charge is 2.32. The first-order chi connectivity index (χ1) is 9.78. The van der Waals surface area contributed by atoms with Crippen molar-refractivity contribution in [2.45, 2.75) is 44.6 Å². The quantitative estimate of drug-likeness (QED) is 0.932. The van der Waals surface area contributed by atoms with Crippen LogP contribution in [0.5, 0.6) is 0 Å². The minimum absolute atomic E-state index is 0.00436. The number of nitrogens with zero attached hydrogens (tertiary/aromatic N) is 1. The van der Waals surface area contributed by atoms with Crippen LogP contribution in [0.25, 0.3) is 0 Å². The zero-order valence-corrected chi connectivity index (χ0v) is 13.4. The van der Waals surface area contributed by atoms with Gasteiger partial charge in [-0.05, 0) is 36.8 Å². The maximum absolute atomic E-state index is 13.8. The molecule has 0 bridgehead atoms. The Morgan fingerprint density at radius 3 is 2.67 bits per heavy atom. The van der Waals surface area contributed by atoms with Crippen LogP contribution < -0.4 is 5.73 Å². The van der Waals surface area contributed by atoms with Gasteiger partial charge in [-0.15, -0.1) is 0 Å². The van der Waals surface area contributed by atoms with E-state index >= 15 is 0 Å². The Kier molecular flexibility index (Phi) is 4.70. The number of nitrogens with two attached hydrogens (primary N) is 1. The fraction of sp³-hybridized carbons (Fsp3) is 0.600. The van der Waals surface area contributed by atoms with Crippen molar-refractivity contribution in [1.29, 1.82) is 0 Å². The normalized spacial score (nSPS) is 20.2. The van der Waals surface area contributed by atoms with E-state index < -0.39 is 15.8 Å². The predicted octanol–water partition coefficient (Wildman–Crippen LogP) is 2.49. The van der Waals surface area contributed by atoms with Crippen molar-refractivity contribution in [3.8, 4) is 0 Å². The van der Waals surface area contributed by atoms with Crippen molar-refractivity contribution < 1.29 is 12.8 Å². The lowest BCUT2D eigenvalue weighted by Gasteiger charge is -2.24. The average Bonchev–Trinajstić information content (AvgIpc) is 2.59. The van der Waals surface area contributed by atoms with Crippen molar-refractivity contribution in [1.82, 2.24) is 4.31 Å². The molecule has 1 fully saturated rings. The van der Waals surface area contributed by atoms with Crippen LogP contribution in [0.2, 0.25) is 0 Å². The predicted molar refractivity (Wildman–Crippen MR) is 80.7 cm³/mol. The van der Waals surface area contributed by atoms with E-state index in [1.165, 1.54) is 22.5 Å². The zero-order valence-electron chi connectivity index (χ0n) is 12.6. The lowest BCUT2D eigenvalue weighted by atomic mass is 9.85. The molecule has 1 aliphatic heterocycles. The molecule has 0 atom stereocenters. The topological polar surface area (TPSA) is 63.4 Å². The highest BCUT2D eigenvalue weighted by Crippen LogP contribution is 2.32. The third kappa shape index (κ3) is 3.44. The summed E-state index contributed by atoms with van der Waals surface area (Å²) in [5, 5.41) is 0. The molecule has 0 spiro atoms. The van der Waals surface area contributed by atoms with Gasteiger partial charge >= 0.3 is 0 Å². The Labute approximate surface area is 126 Å². The largest absolute Gasteiger partial charge is 0.326 e. The number of rotatable bonds is 3. The molecule has 0 unspecified atom stereocenters. The molecule has 6 heteroatoms. The summed E-state index contributed by atoms with van der Waals surface area (Å²) in [5.41, 5.74) is 5.74. The van der Waals surface area contributed by atoms with Crippen molar-refractivity contribution >= 4 is 10.0 Å². The summed E-state index contributed by atoms with van der Waals surface area (Å²) in [4.78, 5) is 0.00436. The van der Waals surface area contributed by atoms with Crippen molar-refractivity contribution in [2.75, 3.05) is 13.1 Å². The summed E-state index contributed by atoms with van der Waals surface area (Å²) in [7, 11) is -3.69. The lowest BCUT2D eigenvalue weighted by molar-refractivity contribution is 0.314. The van der Waals surface area contributed by atoms with Gasteiger partial charge in [0, 0.05) is 25.2 Å². The molecular weight excluding hydrogens is 291 g/mol. The molecule has 1 aliphatic rings. The number of hydrogen-bond donors (Lipinski definition) is 1. The van der Waals surface area contributed by atoms with Crippen LogP contribution in [0.4, 0.5) is 4.39 Å². The summed E-state index contributed by atoms with van der Waals surface area (Å²) in [6.07, 6.45) is 2.62. The number of sulfonamides is 1. The van der Waals surface area contributed by atoms with Gasteiger partial charge in [0.1, 0.15) is 5.82 Å². The van der Waals surface area contributed by atoms with Gasteiger partial charge in [0.15, 0.2) is 0 Å². The summed E-state index contributed by atoms with van der Waals surface area (Å²) in [6.45, 7) is 5.12. The van der Waals surface area contributed by atoms with Gasteiger partial charge in [0.25, 0.3) is 0 Å². The van der Waals surface area contributed by atoms with E-state index in [0.29, 0.717) is 13.1 Å². The minimum atomic E-state index is -3.69. The Bertz CT molecular complexity index is 614. The molecule has 0 aliphatic carbocycles. The molecule has 0 aromatic heterocycles. The zero-order chi connectivity index (χ0) is 15.7. The molecule has 0 saturated carbocycles. The summed E-state index contributed by atoms with van der Waals surface area (Å²) < 4.78 is 40.8. The fourth-order valence-corrected chi connectivity index (χ4v) is 4.48. The molecule has 1 heterocycles. The molecular formula is C15H23FN2O2S. The van der Waals surface area contributed by atoms with Crippen LogP contribution >= 0.6 is 0 Å². The number of hydrogen-bond acceptors (Lipinski definition) is 3. The molecule has 2 N–H and O–H groups in total. The van der Waals surface area contributed by atoms with E-state index in [1.807, 2.05) is 0 Å². The Balaban J connectivity index is 2.36. The Morgan fingerprint density at radius 2 is 2.00 bits per heavy atom. The number of benzene rings is 1. The molecule has 0 radical (unpaired) electrons. The van der Waals surface area contributed by atoms with Crippen molar-refractivity contribution in [2.24, 2.45) is 11.1 Å². The average molecular weight is 314 g/mol. The van der Waals surface area contributed by atoms with Gasteiger partial charge in [-0.1, -0.05) is 19.9 Å². The van der Waals surface area contributed by atoms with E-state index in [-0.39, 0.29) is 22.4 Å². The Morgan fingerprint density at radius 1 is 1.29 bits per heavy atom. The van der Waals surface area contributed by atoms with E-state index in [0.717, 1.165) is 19.3 Å². The second-order valence-corrected chi connectivity index (χ2v) is 8.25. The number of halogens is 1. The summed E-state index contributed by atoms with van der Waals surface area (Å²) in [6, 6.07) is 4.10. The second-order valence-electron chi connectivity index (χ2n) is 6.34. The minimum Gasteiger partial charge on any atom is -0.326 e. The third-order valence-corrected chi connectivity index (χ3v) is 6.18. The summed E-state index contributed by atoms with van der Waals surface area (Å²) >= 11 is 0. The molecule has 1 aromatic carbocycles. The fourth-order valence-electron chi connectivity index (χ4n) is 2.76. The van der Waals surface area contributed by atoms with Gasteiger partial charge < -0.3 is 5.73 Å². The van der Waals surface area contributed by atoms with Gasteiger partial charge in [-0.2, -0.15) is 4.31 Å². The molecule has 0 amide bonds. The molecule has 2 rings (SSSR count). The van der Waals surface area contributed by atoms with E-state index in [2.05, 4.69) is 13.8 Å². The van der Waals surface area contributed by atoms with E-state index in [9.17, 15) is 12.8 Å². The molecule has 21 heavy (non-hydrogen) atoms. The van der Waals surface area contributed by atoms with Crippen LogP contribution in [0.1, 0.15) is 38.7 Å². The lowest BCUT2D eigenvalue weighted by Crippen LogP contribution is -2.33. The first kappa shape index (κ1) is 16.4. The van der Waals surface area contributed by atoms with Crippen LogP contribution in [-0.4, -0.2) is 25.8 Å². The first-order valence-corrected chi connectivity index (χ1v) is 8.69. The van der Waals surface area contributed by atoms with E-state index in [4.69, 9.17) is 5.73 Å². The Hall–Kier alpha value is -0.980. The van der Waals surface area contributed by atoms with Gasteiger partial charge in [-0.25, -0.2) is 12.8 Å². The first-order valence-electron chi connectivity index (χ1n) is 7.25. The summed E-state index contributed by atoms with van der Waals surface area (Å²) in [5.74, 6) is -0.561. The van der Waals surface area contributed by atoms with Crippen LogP contribution in [0, 0.1) is 11.2 Å².